The van der Waals surface area contributed by atoms with Crippen LogP contribution in [0.5, 0.6) is 0 Å². The zero-order valence-corrected chi connectivity index (χ0v) is 13.5. The smallest absolute Gasteiger partial charge is 0.312 e. The molecule has 9 heteroatoms. The maximum Gasteiger partial charge on any atom is 0.402 e. The van der Waals surface area contributed by atoms with Crippen molar-refractivity contribution in [1.29, 1.82) is 0 Å². The van der Waals surface area contributed by atoms with E-state index in [1.165, 1.54) is 17.4 Å². The van der Waals surface area contributed by atoms with Crippen molar-refractivity contribution in [2.45, 2.75) is 37.9 Å². The Balaban J connectivity index is 3.08. The molecule has 4 nitrogen and oxygen atoms in total. The molecule has 0 aliphatic rings. The Morgan fingerprint density at radius 1 is 1.33 bits per heavy atom. The summed E-state index contributed by atoms with van der Waals surface area (Å²) in [6.45, 7) is 2.88. The summed E-state index contributed by atoms with van der Waals surface area (Å²) >= 11 is 1.22. The summed E-state index contributed by atoms with van der Waals surface area (Å²) in [5.41, 5.74) is 0. The number of thiophene rings is 1. The largest absolute Gasteiger partial charge is 0.402 e. The van der Waals surface area contributed by atoms with Crippen molar-refractivity contribution in [2.24, 2.45) is 0 Å². The Kier molecular flexibility index (Phi) is 6.64. The molecule has 0 aromatic carbocycles. The molecule has 1 rings (SSSR count). The van der Waals surface area contributed by atoms with Gasteiger partial charge in [-0.15, -0.1) is 11.3 Å². The van der Waals surface area contributed by atoms with E-state index in [1.54, 1.807) is 12.3 Å². The lowest BCUT2D eigenvalue weighted by atomic mass is 10.4. The number of hydrogen-bond donors (Lipinski definition) is 1. The van der Waals surface area contributed by atoms with Gasteiger partial charge >= 0.3 is 6.18 Å². The van der Waals surface area contributed by atoms with Gasteiger partial charge in [0, 0.05) is 18.0 Å². The molecule has 0 saturated heterocycles. The third kappa shape index (κ3) is 5.24. The van der Waals surface area contributed by atoms with Crippen LogP contribution in [0.25, 0.3) is 0 Å². The molecule has 21 heavy (non-hydrogen) atoms. The summed E-state index contributed by atoms with van der Waals surface area (Å²) < 4.78 is 63.2. The molecule has 0 amide bonds. The van der Waals surface area contributed by atoms with E-state index in [0.717, 1.165) is 0 Å². The van der Waals surface area contributed by atoms with E-state index in [4.69, 9.17) is 0 Å². The number of alkyl halides is 3. The molecule has 0 fully saturated rings. The first kappa shape index (κ1) is 18.4. The van der Waals surface area contributed by atoms with Crippen molar-refractivity contribution in [3.8, 4) is 0 Å². The van der Waals surface area contributed by atoms with E-state index in [2.05, 4.69) is 5.32 Å². The van der Waals surface area contributed by atoms with Gasteiger partial charge in [-0.25, -0.2) is 8.42 Å². The van der Waals surface area contributed by atoms with Gasteiger partial charge in [-0.3, -0.25) is 0 Å². The highest BCUT2D eigenvalue weighted by molar-refractivity contribution is 7.89. The van der Waals surface area contributed by atoms with Crippen molar-refractivity contribution in [2.75, 3.05) is 19.6 Å². The molecule has 0 bridgehead atoms. The lowest BCUT2D eigenvalue weighted by molar-refractivity contribution is -0.136. The fraction of sp³-hybridized carbons (Fsp3) is 0.667. The number of nitrogens with zero attached hydrogens (tertiary/aromatic N) is 1. The highest BCUT2D eigenvalue weighted by Gasteiger charge is 2.37. The second-order valence-corrected chi connectivity index (χ2v) is 7.35. The summed E-state index contributed by atoms with van der Waals surface area (Å²) in [7, 11) is -4.13. The first-order valence-corrected chi connectivity index (χ1v) is 8.88. The first-order valence-electron chi connectivity index (χ1n) is 6.56. The van der Waals surface area contributed by atoms with Crippen LogP contribution in [0.4, 0.5) is 13.2 Å². The monoisotopic (exact) mass is 344 g/mol. The Morgan fingerprint density at radius 3 is 2.52 bits per heavy atom. The van der Waals surface area contributed by atoms with E-state index in [0.29, 0.717) is 28.7 Å². The van der Waals surface area contributed by atoms with Crippen molar-refractivity contribution in [3.05, 3.63) is 16.3 Å². The second kappa shape index (κ2) is 7.57. The molecule has 1 aromatic rings. The van der Waals surface area contributed by atoms with Gasteiger partial charge in [0.25, 0.3) is 0 Å². The van der Waals surface area contributed by atoms with E-state index in [1.807, 2.05) is 6.92 Å². The number of sulfonamides is 1. The van der Waals surface area contributed by atoms with Crippen LogP contribution in [0, 0.1) is 0 Å². The molecule has 0 radical (unpaired) electrons. The van der Waals surface area contributed by atoms with Crippen molar-refractivity contribution >= 4 is 21.4 Å². The molecule has 0 aliphatic heterocycles. The van der Waals surface area contributed by atoms with E-state index in [9.17, 15) is 21.6 Å². The predicted octanol–water partition coefficient (Wildman–Crippen LogP) is 2.82. The molecular formula is C12H19F3N2O2S2. The van der Waals surface area contributed by atoms with E-state index >= 15 is 0 Å². The first-order chi connectivity index (χ1) is 9.72. The molecule has 0 spiro atoms. The van der Waals surface area contributed by atoms with Gasteiger partial charge in [0.1, 0.15) is 6.54 Å². The number of halogens is 3. The van der Waals surface area contributed by atoms with Crippen LogP contribution >= 0.6 is 11.3 Å². The molecule has 1 heterocycles. The molecule has 1 N–H and O–H groups in total. The van der Waals surface area contributed by atoms with Crippen molar-refractivity contribution in [3.63, 3.8) is 0 Å². The fourth-order valence-electron chi connectivity index (χ4n) is 1.80. The minimum atomic E-state index is -4.56. The van der Waals surface area contributed by atoms with Crippen LogP contribution in [0.15, 0.2) is 16.3 Å². The SMILES string of the molecule is CCCN(CC(F)(F)F)S(=O)(=O)c1ccsc1CNCC. The number of nitrogens with one attached hydrogen (secondary N) is 1. The van der Waals surface area contributed by atoms with Gasteiger partial charge in [-0.05, 0) is 24.4 Å². The number of rotatable bonds is 8. The summed E-state index contributed by atoms with van der Waals surface area (Å²) in [6, 6.07) is 1.37. The van der Waals surface area contributed by atoms with Crippen LogP contribution in [-0.4, -0.2) is 38.5 Å². The molecule has 0 unspecified atom stereocenters. The lowest BCUT2D eigenvalue weighted by Crippen LogP contribution is -2.39. The Labute approximate surface area is 127 Å². The number of hydrogen-bond acceptors (Lipinski definition) is 4. The molecular weight excluding hydrogens is 325 g/mol. The average molecular weight is 344 g/mol. The minimum Gasteiger partial charge on any atom is -0.312 e. The highest BCUT2D eigenvalue weighted by Crippen LogP contribution is 2.28. The maximum atomic E-state index is 12.6. The molecule has 0 atom stereocenters. The zero-order chi connectivity index (χ0) is 16.1. The topological polar surface area (TPSA) is 49.4 Å². The van der Waals surface area contributed by atoms with Gasteiger partial charge in [0.05, 0.1) is 4.90 Å². The van der Waals surface area contributed by atoms with Gasteiger partial charge in [0.2, 0.25) is 10.0 Å². The summed E-state index contributed by atoms with van der Waals surface area (Å²) in [5, 5.41) is 4.57. The Bertz CT molecular complexity index is 541. The second-order valence-electron chi connectivity index (χ2n) is 4.44. The van der Waals surface area contributed by atoms with Gasteiger partial charge in [-0.2, -0.15) is 17.5 Å². The van der Waals surface area contributed by atoms with E-state index in [-0.39, 0.29) is 11.4 Å². The van der Waals surface area contributed by atoms with Crippen LogP contribution in [0.3, 0.4) is 0 Å². The lowest BCUT2D eigenvalue weighted by Gasteiger charge is -2.23. The molecule has 0 aliphatic carbocycles. The van der Waals surface area contributed by atoms with Crippen molar-refractivity contribution in [1.82, 2.24) is 9.62 Å². The van der Waals surface area contributed by atoms with Crippen LogP contribution in [0.1, 0.15) is 25.1 Å². The van der Waals surface area contributed by atoms with Crippen LogP contribution in [-0.2, 0) is 16.6 Å². The van der Waals surface area contributed by atoms with Crippen LogP contribution < -0.4 is 5.32 Å². The van der Waals surface area contributed by atoms with Gasteiger partial charge in [0.15, 0.2) is 0 Å². The van der Waals surface area contributed by atoms with E-state index < -0.39 is 22.7 Å². The Morgan fingerprint density at radius 2 is 2.00 bits per heavy atom. The van der Waals surface area contributed by atoms with Crippen molar-refractivity contribution < 1.29 is 21.6 Å². The fourth-order valence-corrected chi connectivity index (χ4v) is 4.70. The average Bonchev–Trinajstić information content (AvgIpc) is 2.83. The normalized spacial score (nSPS) is 13.0. The quantitative estimate of drug-likeness (QED) is 0.789. The molecule has 0 saturated carbocycles. The van der Waals surface area contributed by atoms with Crippen LogP contribution in [0.2, 0.25) is 0 Å². The maximum absolute atomic E-state index is 12.6. The van der Waals surface area contributed by atoms with Gasteiger partial charge in [-0.1, -0.05) is 13.8 Å². The summed E-state index contributed by atoms with van der Waals surface area (Å²) in [6.07, 6.45) is -4.23. The summed E-state index contributed by atoms with van der Waals surface area (Å²) in [5.74, 6) is 0. The third-order valence-electron chi connectivity index (χ3n) is 2.69. The zero-order valence-electron chi connectivity index (χ0n) is 11.9. The minimum absolute atomic E-state index is 0.0360. The summed E-state index contributed by atoms with van der Waals surface area (Å²) in [4.78, 5) is 0.492. The Hall–Kier alpha value is -0.640. The standard InChI is InChI=1S/C12H19F3N2O2S2/c1-3-6-17(9-12(13,14)15)21(18,19)11-5-7-20-10(11)8-16-4-2/h5,7,16H,3-4,6,8-9H2,1-2H3. The molecule has 122 valence electrons. The third-order valence-corrected chi connectivity index (χ3v) is 5.67. The highest BCUT2D eigenvalue weighted by atomic mass is 32.2. The molecule has 1 aromatic heterocycles. The van der Waals surface area contributed by atoms with Gasteiger partial charge < -0.3 is 5.32 Å². The predicted molar refractivity (Wildman–Crippen MR) is 76.8 cm³/mol.